The van der Waals surface area contributed by atoms with E-state index in [0.29, 0.717) is 16.7 Å². The number of amides is 1. The number of amidine groups is 1. The standard InChI is InChI=1S/C19H18N2O3S/c1-3-24-15-9-7-14(8-10-15)20-19-21-18(22)17(25-19)12-13-5-4-6-16(11-13)23-2/h4-12H,3H2,1-2H3,(H,20,21,22)/b17-12+. The van der Waals surface area contributed by atoms with Crippen LogP contribution in [0.3, 0.4) is 0 Å². The molecule has 0 unspecified atom stereocenters. The third-order valence-corrected chi connectivity index (χ3v) is 4.33. The summed E-state index contributed by atoms with van der Waals surface area (Å²) in [6.07, 6.45) is 1.82. The third-order valence-electron chi connectivity index (χ3n) is 3.42. The molecule has 25 heavy (non-hydrogen) atoms. The summed E-state index contributed by atoms with van der Waals surface area (Å²) < 4.78 is 10.6. The molecule has 1 saturated heterocycles. The molecule has 0 atom stereocenters. The van der Waals surface area contributed by atoms with Gasteiger partial charge < -0.3 is 14.8 Å². The minimum Gasteiger partial charge on any atom is -0.497 e. The summed E-state index contributed by atoms with van der Waals surface area (Å²) in [5.74, 6) is 1.40. The van der Waals surface area contributed by atoms with Gasteiger partial charge in [0.05, 0.1) is 24.3 Å². The number of carbonyl (C=O) groups excluding carboxylic acids is 1. The average molecular weight is 354 g/mol. The van der Waals surface area contributed by atoms with Crippen molar-refractivity contribution in [2.75, 3.05) is 13.7 Å². The summed E-state index contributed by atoms with van der Waals surface area (Å²) in [6.45, 7) is 2.56. The highest BCUT2D eigenvalue weighted by atomic mass is 32.2. The van der Waals surface area contributed by atoms with Gasteiger partial charge in [-0.3, -0.25) is 4.79 Å². The van der Waals surface area contributed by atoms with Gasteiger partial charge in [-0.15, -0.1) is 0 Å². The van der Waals surface area contributed by atoms with Gasteiger partial charge in [0.15, 0.2) is 5.17 Å². The van der Waals surface area contributed by atoms with Crippen molar-refractivity contribution in [1.82, 2.24) is 5.32 Å². The van der Waals surface area contributed by atoms with Crippen LogP contribution in [-0.4, -0.2) is 24.8 Å². The summed E-state index contributed by atoms with van der Waals surface area (Å²) in [5.41, 5.74) is 1.66. The summed E-state index contributed by atoms with van der Waals surface area (Å²) in [5, 5.41) is 3.34. The van der Waals surface area contributed by atoms with Crippen LogP contribution in [0, 0.1) is 0 Å². The van der Waals surface area contributed by atoms with Crippen molar-refractivity contribution in [3.8, 4) is 11.5 Å². The molecule has 5 nitrogen and oxygen atoms in total. The molecule has 2 aromatic rings. The van der Waals surface area contributed by atoms with E-state index in [0.717, 1.165) is 22.7 Å². The Morgan fingerprint density at radius 2 is 1.96 bits per heavy atom. The number of methoxy groups -OCH3 is 1. The highest BCUT2D eigenvalue weighted by Gasteiger charge is 2.23. The number of aliphatic imine (C=N–C) groups is 1. The average Bonchev–Trinajstić information content (AvgIpc) is 2.96. The Kier molecular flexibility index (Phi) is 5.40. The van der Waals surface area contributed by atoms with Gasteiger partial charge in [-0.1, -0.05) is 12.1 Å². The SMILES string of the molecule is CCOc1ccc(N=C2NC(=O)/C(=C\c3cccc(OC)c3)S2)cc1. The Hall–Kier alpha value is -2.73. The van der Waals surface area contributed by atoms with E-state index in [1.165, 1.54) is 11.8 Å². The molecule has 0 aliphatic carbocycles. The molecule has 1 aliphatic rings. The molecular formula is C19H18N2O3S. The Labute approximate surface area is 150 Å². The number of hydrogen-bond donors (Lipinski definition) is 1. The smallest absolute Gasteiger partial charge is 0.264 e. The van der Waals surface area contributed by atoms with E-state index >= 15 is 0 Å². The van der Waals surface area contributed by atoms with Crippen LogP contribution in [0.25, 0.3) is 6.08 Å². The van der Waals surface area contributed by atoms with Crippen LogP contribution < -0.4 is 14.8 Å². The maximum Gasteiger partial charge on any atom is 0.264 e. The predicted molar refractivity (Wildman–Crippen MR) is 101 cm³/mol. The largest absolute Gasteiger partial charge is 0.497 e. The quantitative estimate of drug-likeness (QED) is 0.825. The Morgan fingerprint density at radius 1 is 1.16 bits per heavy atom. The molecule has 2 aromatic carbocycles. The molecular weight excluding hydrogens is 336 g/mol. The molecule has 1 heterocycles. The first-order valence-corrected chi connectivity index (χ1v) is 8.66. The van der Waals surface area contributed by atoms with Crippen LogP contribution in [0.15, 0.2) is 58.4 Å². The fourth-order valence-electron chi connectivity index (χ4n) is 2.26. The number of nitrogens with zero attached hydrogens (tertiary/aromatic N) is 1. The minimum absolute atomic E-state index is 0.155. The maximum atomic E-state index is 12.1. The Bertz CT molecular complexity index is 829. The van der Waals surface area contributed by atoms with E-state index in [-0.39, 0.29) is 5.91 Å². The van der Waals surface area contributed by atoms with E-state index < -0.39 is 0 Å². The summed E-state index contributed by atoms with van der Waals surface area (Å²) in [4.78, 5) is 17.2. The van der Waals surface area contributed by atoms with E-state index in [9.17, 15) is 4.79 Å². The lowest BCUT2D eigenvalue weighted by Gasteiger charge is -2.02. The van der Waals surface area contributed by atoms with Gasteiger partial charge in [0.25, 0.3) is 5.91 Å². The van der Waals surface area contributed by atoms with Gasteiger partial charge in [-0.25, -0.2) is 4.99 Å². The zero-order valence-electron chi connectivity index (χ0n) is 14.0. The van der Waals surface area contributed by atoms with Crippen LogP contribution >= 0.6 is 11.8 Å². The number of thioether (sulfide) groups is 1. The van der Waals surface area contributed by atoms with Crippen LogP contribution in [0.5, 0.6) is 11.5 Å². The molecule has 6 heteroatoms. The lowest BCUT2D eigenvalue weighted by Crippen LogP contribution is -2.19. The van der Waals surface area contributed by atoms with Crippen LogP contribution in [0.1, 0.15) is 12.5 Å². The van der Waals surface area contributed by atoms with Crippen molar-refractivity contribution < 1.29 is 14.3 Å². The molecule has 3 rings (SSSR count). The molecule has 0 bridgehead atoms. The lowest BCUT2D eigenvalue weighted by molar-refractivity contribution is -0.115. The number of ether oxygens (including phenoxy) is 2. The van der Waals surface area contributed by atoms with Crippen molar-refractivity contribution in [3.05, 3.63) is 59.0 Å². The highest BCUT2D eigenvalue weighted by Crippen LogP contribution is 2.29. The molecule has 0 aromatic heterocycles. The zero-order chi connectivity index (χ0) is 17.6. The molecule has 0 spiro atoms. The predicted octanol–water partition coefficient (Wildman–Crippen LogP) is 3.99. The maximum absolute atomic E-state index is 12.1. The van der Waals surface area contributed by atoms with Crippen molar-refractivity contribution in [2.24, 2.45) is 4.99 Å². The first-order valence-electron chi connectivity index (χ1n) is 7.84. The second kappa shape index (κ2) is 7.90. The second-order valence-electron chi connectivity index (χ2n) is 5.19. The van der Waals surface area contributed by atoms with Crippen LogP contribution in [-0.2, 0) is 4.79 Å². The van der Waals surface area contributed by atoms with E-state index in [2.05, 4.69) is 10.3 Å². The minimum atomic E-state index is -0.155. The molecule has 128 valence electrons. The Balaban J connectivity index is 1.76. The molecule has 1 aliphatic heterocycles. The van der Waals surface area contributed by atoms with Gasteiger partial charge in [0.2, 0.25) is 0 Å². The van der Waals surface area contributed by atoms with Crippen molar-refractivity contribution in [2.45, 2.75) is 6.92 Å². The third kappa shape index (κ3) is 4.42. The first kappa shape index (κ1) is 17.1. The summed E-state index contributed by atoms with van der Waals surface area (Å²) >= 11 is 1.31. The van der Waals surface area contributed by atoms with Crippen molar-refractivity contribution in [3.63, 3.8) is 0 Å². The second-order valence-corrected chi connectivity index (χ2v) is 6.22. The molecule has 0 saturated carbocycles. The monoisotopic (exact) mass is 354 g/mol. The number of rotatable bonds is 5. The van der Waals surface area contributed by atoms with Crippen molar-refractivity contribution in [1.29, 1.82) is 0 Å². The van der Waals surface area contributed by atoms with Crippen LogP contribution in [0.4, 0.5) is 5.69 Å². The Morgan fingerprint density at radius 3 is 2.68 bits per heavy atom. The number of benzene rings is 2. The molecule has 1 fully saturated rings. The number of carbonyl (C=O) groups is 1. The van der Waals surface area contributed by atoms with Crippen molar-refractivity contribution >= 4 is 34.6 Å². The first-order chi connectivity index (χ1) is 12.2. The van der Waals surface area contributed by atoms with Gasteiger partial charge in [-0.2, -0.15) is 0 Å². The number of nitrogens with one attached hydrogen (secondary N) is 1. The van der Waals surface area contributed by atoms with E-state index in [1.807, 2.05) is 61.5 Å². The lowest BCUT2D eigenvalue weighted by atomic mass is 10.2. The van der Waals surface area contributed by atoms with E-state index in [4.69, 9.17) is 9.47 Å². The molecule has 0 radical (unpaired) electrons. The van der Waals surface area contributed by atoms with Gasteiger partial charge in [-0.05, 0) is 66.7 Å². The highest BCUT2D eigenvalue weighted by molar-refractivity contribution is 8.18. The molecule has 1 N–H and O–H groups in total. The molecule has 1 amide bonds. The number of hydrogen-bond acceptors (Lipinski definition) is 5. The summed E-state index contributed by atoms with van der Waals surface area (Å²) in [7, 11) is 1.62. The van der Waals surface area contributed by atoms with Gasteiger partial charge in [0.1, 0.15) is 11.5 Å². The van der Waals surface area contributed by atoms with Gasteiger partial charge in [0, 0.05) is 0 Å². The summed E-state index contributed by atoms with van der Waals surface area (Å²) in [6, 6.07) is 15.0. The zero-order valence-corrected chi connectivity index (χ0v) is 14.8. The fraction of sp³-hybridized carbons (Fsp3) is 0.158. The van der Waals surface area contributed by atoms with Crippen LogP contribution in [0.2, 0.25) is 0 Å². The normalized spacial score (nSPS) is 17.0. The topological polar surface area (TPSA) is 59.9 Å². The fourth-order valence-corrected chi connectivity index (χ4v) is 3.11. The van der Waals surface area contributed by atoms with E-state index in [1.54, 1.807) is 7.11 Å². The van der Waals surface area contributed by atoms with Gasteiger partial charge >= 0.3 is 0 Å².